The van der Waals surface area contributed by atoms with Crippen molar-refractivity contribution >= 4 is 35.2 Å². The van der Waals surface area contributed by atoms with Gasteiger partial charge in [0.25, 0.3) is 5.91 Å². The minimum absolute atomic E-state index is 0.0127. The summed E-state index contributed by atoms with van der Waals surface area (Å²) in [6.07, 6.45) is 0.401. The molecule has 1 aliphatic heterocycles. The van der Waals surface area contributed by atoms with Crippen LogP contribution in [-0.4, -0.2) is 58.7 Å². The van der Waals surface area contributed by atoms with Crippen molar-refractivity contribution in [3.63, 3.8) is 0 Å². The normalized spacial score (nSPS) is 18.2. The van der Waals surface area contributed by atoms with Gasteiger partial charge < -0.3 is 15.0 Å². The molecule has 1 aliphatic carbocycles. The minimum atomic E-state index is -4.46. The Morgan fingerprint density at radius 2 is 2.03 bits per heavy atom. The van der Waals surface area contributed by atoms with Gasteiger partial charge in [0, 0.05) is 37.3 Å². The van der Waals surface area contributed by atoms with E-state index in [2.05, 4.69) is 30.3 Å². The van der Waals surface area contributed by atoms with Gasteiger partial charge in [0.05, 0.1) is 11.2 Å². The van der Waals surface area contributed by atoms with Crippen LogP contribution in [0.3, 0.4) is 0 Å². The molecule has 9 nitrogen and oxygen atoms in total. The zero-order chi connectivity index (χ0) is 23.6. The first-order chi connectivity index (χ1) is 15.7. The van der Waals surface area contributed by atoms with E-state index < -0.39 is 18.7 Å². The molecule has 0 radical (unpaired) electrons. The number of pyridine rings is 1. The fourth-order valence-corrected chi connectivity index (χ4v) is 3.60. The summed E-state index contributed by atoms with van der Waals surface area (Å²) in [5.74, 6) is -0.199. The summed E-state index contributed by atoms with van der Waals surface area (Å²) < 4.78 is 41.6. The summed E-state index contributed by atoms with van der Waals surface area (Å²) in [4.78, 5) is 38.5. The maximum atomic E-state index is 12.6. The predicted molar refractivity (Wildman–Crippen MR) is 112 cm³/mol. The van der Waals surface area contributed by atoms with E-state index in [0.717, 1.165) is 12.8 Å². The number of hydrogen-bond acceptors (Lipinski definition) is 7. The fraction of sp³-hybridized carbons (Fsp3) is 0.450. The van der Waals surface area contributed by atoms with Crippen LogP contribution in [-0.2, 0) is 4.79 Å². The standard InChI is InChI=1S/C20H20ClF3N6O3/c21-14-7-13(33-10-20(22,23)24)8-26-16(14)30-6-4-12(9-30)27-18(32)15-3-5-25-19(28-15)29-17(31)11-1-2-11/h3,5,7-8,11-12H,1-2,4,6,9-10H2,(H,27,32)(H,25,28,29,31)/t12-/m1/s1. The summed E-state index contributed by atoms with van der Waals surface area (Å²) in [6.45, 7) is -0.498. The quantitative estimate of drug-likeness (QED) is 0.622. The number of anilines is 2. The molecule has 2 N–H and O–H groups in total. The molecule has 2 aromatic heterocycles. The number of halogens is 4. The molecule has 3 heterocycles. The second-order valence-electron chi connectivity index (χ2n) is 7.81. The smallest absolute Gasteiger partial charge is 0.422 e. The highest BCUT2D eigenvalue weighted by molar-refractivity contribution is 6.33. The predicted octanol–water partition coefficient (Wildman–Crippen LogP) is 2.82. The van der Waals surface area contributed by atoms with Crippen molar-refractivity contribution in [2.75, 3.05) is 29.9 Å². The molecule has 2 amide bonds. The van der Waals surface area contributed by atoms with Crippen LogP contribution in [0.2, 0.25) is 5.02 Å². The molecular formula is C20H20ClF3N6O3. The van der Waals surface area contributed by atoms with E-state index in [1.165, 1.54) is 24.5 Å². The van der Waals surface area contributed by atoms with Gasteiger partial charge in [0.1, 0.15) is 17.3 Å². The average molecular weight is 485 g/mol. The Bertz CT molecular complexity index is 1050. The van der Waals surface area contributed by atoms with Gasteiger partial charge in [-0.15, -0.1) is 0 Å². The van der Waals surface area contributed by atoms with Crippen LogP contribution in [0.1, 0.15) is 29.8 Å². The topological polar surface area (TPSA) is 109 Å². The number of nitrogens with one attached hydrogen (secondary N) is 2. The number of alkyl halides is 3. The van der Waals surface area contributed by atoms with Crippen LogP contribution in [0, 0.1) is 5.92 Å². The second-order valence-corrected chi connectivity index (χ2v) is 8.22. The van der Waals surface area contributed by atoms with E-state index in [-0.39, 0.29) is 40.3 Å². The third-order valence-electron chi connectivity index (χ3n) is 5.09. The van der Waals surface area contributed by atoms with Gasteiger partial charge in [-0.1, -0.05) is 11.6 Å². The lowest BCUT2D eigenvalue weighted by atomic mass is 10.2. The molecule has 1 saturated heterocycles. The molecule has 33 heavy (non-hydrogen) atoms. The zero-order valence-electron chi connectivity index (χ0n) is 17.2. The third-order valence-corrected chi connectivity index (χ3v) is 5.37. The molecule has 0 aromatic carbocycles. The molecule has 0 bridgehead atoms. The van der Waals surface area contributed by atoms with Gasteiger partial charge in [0.15, 0.2) is 6.61 Å². The number of nitrogens with zero attached hydrogens (tertiary/aromatic N) is 4. The molecule has 0 spiro atoms. The second kappa shape index (κ2) is 9.38. The van der Waals surface area contributed by atoms with Crippen molar-refractivity contribution in [1.29, 1.82) is 0 Å². The fourth-order valence-electron chi connectivity index (χ4n) is 3.32. The lowest BCUT2D eigenvalue weighted by Crippen LogP contribution is -2.37. The Morgan fingerprint density at radius 1 is 1.24 bits per heavy atom. The van der Waals surface area contributed by atoms with Crippen LogP contribution in [0.5, 0.6) is 5.75 Å². The summed E-state index contributed by atoms with van der Waals surface area (Å²) in [7, 11) is 0. The number of carbonyl (C=O) groups is 2. The summed E-state index contributed by atoms with van der Waals surface area (Å²) in [5, 5.41) is 5.63. The number of hydrogen-bond donors (Lipinski definition) is 2. The molecule has 2 aromatic rings. The Labute approximate surface area is 191 Å². The van der Waals surface area contributed by atoms with E-state index in [1.54, 1.807) is 0 Å². The highest BCUT2D eigenvalue weighted by Crippen LogP contribution is 2.31. The van der Waals surface area contributed by atoms with E-state index in [1.807, 2.05) is 4.90 Å². The molecule has 13 heteroatoms. The van der Waals surface area contributed by atoms with Crippen LogP contribution >= 0.6 is 11.6 Å². The summed E-state index contributed by atoms with van der Waals surface area (Å²) >= 11 is 6.19. The van der Waals surface area contributed by atoms with Crippen LogP contribution in [0.15, 0.2) is 24.5 Å². The van der Waals surface area contributed by atoms with Gasteiger partial charge in [-0.2, -0.15) is 13.2 Å². The first-order valence-corrected chi connectivity index (χ1v) is 10.6. The SMILES string of the molecule is O=C(N[C@@H]1CCN(c2ncc(OCC(F)(F)F)cc2Cl)C1)c1ccnc(NC(=O)C2CC2)n1. The van der Waals surface area contributed by atoms with E-state index in [4.69, 9.17) is 11.6 Å². The zero-order valence-corrected chi connectivity index (χ0v) is 18.0. The lowest BCUT2D eigenvalue weighted by Gasteiger charge is -2.19. The lowest BCUT2D eigenvalue weighted by molar-refractivity contribution is -0.153. The average Bonchev–Trinajstić information content (AvgIpc) is 3.52. The first kappa shape index (κ1) is 23.0. The molecule has 1 saturated carbocycles. The molecule has 4 rings (SSSR count). The Hall–Kier alpha value is -3.15. The number of ether oxygens (including phenoxy) is 1. The van der Waals surface area contributed by atoms with Crippen molar-refractivity contribution in [2.45, 2.75) is 31.5 Å². The molecule has 2 aliphatic rings. The Kier molecular flexibility index (Phi) is 6.54. The summed E-state index contributed by atoms with van der Waals surface area (Å²) in [6, 6.07) is 2.50. The number of carbonyl (C=O) groups excluding carboxylic acids is 2. The van der Waals surface area contributed by atoms with E-state index in [0.29, 0.717) is 25.3 Å². The van der Waals surface area contributed by atoms with Crippen molar-refractivity contribution in [1.82, 2.24) is 20.3 Å². The monoisotopic (exact) mass is 484 g/mol. The molecule has 0 unspecified atom stereocenters. The van der Waals surface area contributed by atoms with Gasteiger partial charge in [-0.25, -0.2) is 15.0 Å². The maximum Gasteiger partial charge on any atom is 0.422 e. The number of amides is 2. The highest BCUT2D eigenvalue weighted by atomic mass is 35.5. The molecular weight excluding hydrogens is 465 g/mol. The Balaban J connectivity index is 1.33. The summed E-state index contributed by atoms with van der Waals surface area (Å²) in [5.41, 5.74) is 0.122. The minimum Gasteiger partial charge on any atom is -0.482 e. The maximum absolute atomic E-state index is 12.6. The van der Waals surface area contributed by atoms with Crippen LogP contribution < -0.4 is 20.3 Å². The van der Waals surface area contributed by atoms with Crippen molar-refractivity contribution < 1.29 is 27.5 Å². The van der Waals surface area contributed by atoms with Crippen molar-refractivity contribution in [3.05, 3.63) is 35.2 Å². The molecule has 1 atom stereocenters. The number of rotatable bonds is 7. The van der Waals surface area contributed by atoms with Crippen molar-refractivity contribution in [3.8, 4) is 5.75 Å². The third kappa shape index (κ3) is 6.21. The van der Waals surface area contributed by atoms with Crippen LogP contribution in [0.25, 0.3) is 0 Å². The van der Waals surface area contributed by atoms with Gasteiger partial charge in [-0.05, 0) is 25.3 Å². The van der Waals surface area contributed by atoms with Gasteiger partial charge in [-0.3, -0.25) is 14.9 Å². The van der Waals surface area contributed by atoms with Gasteiger partial charge in [0.2, 0.25) is 11.9 Å². The van der Waals surface area contributed by atoms with E-state index in [9.17, 15) is 22.8 Å². The van der Waals surface area contributed by atoms with Gasteiger partial charge >= 0.3 is 6.18 Å². The van der Waals surface area contributed by atoms with Crippen molar-refractivity contribution in [2.24, 2.45) is 5.92 Å². The Morgan fingerprint density at radius 3 is 2.73 bits per heavy atom. The largest absolute Gasteiger partial charge is 0.482 e. The molecule has 2 fully saturated rings. The highest BCUT2D eigenvalue weighted by Gasteiger charge is 2.31. The first-order valence-electron chi connectivity index (χ1n) is 10.2. The van der Waals surface area contributed by atoms with E-state index >= 15 is 0 Å². The number of aromatic nitrogens is 3. The molecule has 176 valence electrons. The van der Waals surface area contributed by atoms with Crippen LogP contribution in [0.4, 0.5) is 24.9 Å².